The number of hydrogen-bond acceptors (Lipinski definition) is 3. The molecule has 0 amide bonds. The molecule has 22 heavy (non-hydrogen) atoms. The Morgan fingerprint density at radius 3 is 2.45 bits per heavy atom. The molecule has 2 N–H and O–H groups in total. The van der Waals surface area contributed by atoms with Gasteiger partial charge in [0.05, 0.1) is 6.26 Å². The summed E-state index contributed by atoms with van der Waals surface area (Å²) < 4.78 is 24.4. The van der Waals surface area contributed by atoms with Crippen molar-refractivity contribution in [3.05, 3.63) is 35.9 Å². The lowest BCUT2D eigenvalue weighted by molar-refractivity contribution is 0.424. The molecule has 0 aromatic heterocycles. The van der Waals surface area contributed by atoms with Gasteiger partial charge in [0.15, 0.2) is 5.96 Å². The van der Waals surface area contributed by atoms with Crippen molar-refractivity contribution in [1.82, 2.24) is 14.9 Å². The van der Waals surface area contributed by atoms with E-state index < -0.39 is 10.0 Å². The molecule has 0 fully saturated rings. The minimum atomic E-state index is -3.11. The first kappa shape index (κ1) is 18.4. The maximum absolute atomic E-state index is 11.5. The van der Waals surface area contributed by atoms with E-state index >= 15 is 0 Å². The molecule has 1 aromatic carbocycles. The molecular formula is C15H26N4O2S. The van der Waals surface area contributed by atoms with E-state index in [1.807, 2.05) is 37.3 Å². The average Bonchev–Trinajstić information content (AvgIpc) is 2.50. The first-order chi connectivity index (χ1) is 10.5. The molecule has 1 aromatic rings. The molecule has 124 valence electrons. The molecule has 0 aliphatic carbocycles. The highest BCUT2D eigenvalue weighted by Gasteiger charge is 2.13. The topological polar surface area (TPSA) is 73.8 Å². The highest BCUT2D eigenvalue weighted by Crippen LogP contribution is 1.99. The van der Waals surface area contributed by atoms with Gasteiger partial charge in [0.1, 0.15) is 0 Å². The normalized spacial score (nSPS) is 12.5. The van der Waals surface area contributed by atoms with E-state index in [1.54, 1.807) is 7.05 Å². The van der Waals surface area contributed by atoms with Gasteiger partial charge in [-0.15, -0.1) is 0 Å². The Balaban J connectivity index is 2.30. The van der Waals surface area contributed by atoms with Crippen LogP contribution in [0.3, 0.4) is 0 Å². The molecule has 7 heteroatoms. The van der Waals surface area contributed by atoms with Gasteiger partial charge in [0.25, 0.3) is 0 Å². The summed E-state index contributed by atoms with van der Waals surface area (Å²) in [5.41, 5.74) is 1.18. The highest BCUT2D eigenvalue weighted by molar-refractivity contribution is 7.88. The Labute approximate surface area is 133 Å². The fourth-order valence-electron chi connectivity index (χ4n) is 2.02. The predicted molar refractivity (Wildman–Crippen MR) is 91.4 cm³/mol. The molecule has 0 bridgehead atoms. The van der Waals surface area contributed by atoms with Crippen LogP contribution < -0.4 is 10.6 Å². The van der Waals surface area contributed by atoms with Crippen LogP contribution in [0.25, 0.3) is 0 Å². The number of guanidine groups is 1. The van der Waals surface area contributed by atoms with Crippen LogP contribution in [0, 0.1) is 0 Å². The Hall–Kier alpha value is -1.60. The van der Waals surface area contributed by atoms with Crippen molar-refractivity contribution < 1.29 is 8.42 Å². The maximum Gasteiger partial charge on any atom is 0.211 e. The second kappa shape index (κ2) is 9.42. The van der Waals surface area contributed by atoms with Crippen LogP contribution in [0.5, 0.6) is 0 Å². The Morgan fingerprint density at radius 2 is 1.91 bits per heavy atom. The summed E-state index contributed by atoms with van der Waals surface area (Å²) in [6, 6.07) is 10.1. The van der Waals surface area contributed by atoms with Crippen molar-refractivity contribution in [1.29, 1.82) is 0 Å². The SMILES string of the molecule is CCN(CCCNC(=NC)NCc1ccccc1)S(C)(=O)=O. The zero-order chi connectivity index (χ0) is 16.4. The molecule has 0 atom stereocenters. The maximum atomic E-state index is 11.5. The lowest BCUT2D eigenvalue weighted by Gasteiger charge is -2.18. The molecular weight excluding hydrogens is 300 g/mol. The number of nitrogens with zero attached hydrogens (tertiary/aromatic N) is 2. The van der Waals surface area contributed by atoms with Crippen molar-refractivity contribution >= 4 is 16.0 Å². The van der Waals surface area contributed by atoms with Gasteiger partial charge in [-0.3, -0.25) is 4.99 Å². The number of hydrogen-bond donors (Lipinski definition) is 2. The summed E-state index contributed by atoms with van der Waals surface area (Å²) in [7, 11) is -1.39. The average molecular weight is 326 g/mol. The van der Waals surface area contributed by atoms with Gasteiger partial charge in [-0.1, -0.05) is 37.3 Å². The van der Waals surface area contributed by atoms with E-state index in [4.69, 9.17) is 0 Å². The molecule has 0 heterocycles. The lowest BCUT2D eigenvalue weighted by atomic mass is 10.2. The Kier molecular flexibility index (Phi) is 7.90. The zero-order valence-electron chi connectivity index (χ0n) is 13.5. The minimum absolute atomic E-state index is 0.500. The van der Waals surface area contributed by atoms with Crippen molar-refractivity contribution in [2.45, 2.75) is 19.9 Å². The minimum Gasteiger partial charge on any atom is -0.356 e. The molecule has 0 saturated heterocycles. The van der Waals surface area contributed by atoms with E-state index in [0.29, 0.717) is 32.1 Å². The number of benzene rings is 1. The second-order valence-corrected chi connectivity index (χ2v) is 6.93. The van der Waals surface area contributed by atoms with Gasteiger partial charge in [0.2, 0.25) is 10.0 Å². The van der Waals surface area contributed by atoms with Gasteiger partial charge in [0, 0.05) is 33.2 Å². The van der Waals surface area contributed by atoms with Crippen LogP contribution in [-0.2, 0) is 16.6 Å². The Bertz CT molecular complexity index is 558. The number of nitrogens with one attached hydrogen (secondary N) is 2. The first-order valence-corrected chi connectivity index (χ1v) is 9.25. The molecule has 0 aliphatic rings. The summed E-state index contributed by atoms with van der Waals surface area (Å²) in [5.74, 6) is 0.714. The van der Waals surface area contributed by atoms with Crippen molar-refractivity contribution in [3.8, 4) is 0 Å². The summed E-state index contributed by atoms with van der Waals surface area (Å²) in [5, 5.41) is 6.41. The first-order valence-electron chi connectivity index (χ1n) is 7.41. The quantitative estimate of drug-likeness (QED) is 0.425. The molecule has 0 saturated carbocycles. The standard InChI is InChI=1S/C15H26N4O2S/c1-4-19(22(3,20)21)12-8-11-17-15(16-2)18-13-14-9-6-5-7-10-14/h5-7,9-10H,4,8,11-13H2,1-3H3,(H2,16,17,18). The lowest BCUT2D eigenvalue weighted by Crippen LogP contribution is -2.39. The number of sulfonamides is 1. The molecule has 0 radical (unpaired) electrons. The van der Waals surface area contributed by atoms with Crippen LogP contribution in [0.2, 0.25) is 0 Å². The molecule has 6 nitrogen and oxygen atoms in total. The number of rotatable bonds is 8. The molecule has 1 rings (SSSR count). The van der Waals surface area contributed by atoms with Crippen molar-refractivity contribution in [2.75, 3.05) is 32.9 Å². The monoisotopic (exact) mass is 326 g/mol. The summed E-state index contributed by atoms with van der Waals surface area (Å²) in [6.45, 7) is 4.22. The summed E-state index contributed by atoms with van der Waals surface area (Å²) in [6.07, 6.45) is 1.97. The van der Waals surface area contributed by atoms with Crippen molar-refractivity contribution in [3.63, 3.8) is 0 Å². The van der Waals surface area contributed by atoms with E-state index in [-0.39, 0.29) is 0 Å². The summed E-state index contributed by atoms with van der Waals surface area (Å²) in [4.78, 5) is 4.15. The van der Waals surface area contributed by atoms with Crippen LogP contribution in [0.4, 0.5) is 0 Å². The largest absolute Gasteiger partial charge is 0.356 e. The predicted octanol–water partition coefficient (Wildman–Crippen LogP) is 1.02. The van der Waals surface area contributed by atoms with Crippen molar-refractivity contribution in [2.24, 2.45) is 4.99 Å². The van der Waals surface area contributed by atoms with Gasteiger partial charge in [-0.05, 0) is 12.0 Å². The van der Waals surface area contributed by atoms with Gasteiger partial charge >= 0.3 is 0 Å². The molecule has 0 unspecified atom stereocenters. The second-order valence-electron chi connectivity index (χ2n) is 4.95. The number of aliphatic imine (C=N–C) groups is 1. The third-order valence-electron chi connectivity index (χ3n) is 3.22. The summed E-state index contributed by atoms with van der Waals surface area (Å²) >= 11 is 0. The van der Waals surface area contributed by atoms with Crippen LogP contribution >= 0.6 is 0 Å². The van der Waals surface area contributed by atoms with E-state index in [2.05, 4.69) is 15.6 Å². The Morgan fingerprint density at radius 1 is 1.23 bits per heavy atom. The van der Waals surface area contributed by atoms with Gasteiger partial charge in [-0.25, -0.2) is 12.7 Å². The van der Waals surface area contributed by atoms with E-state index in [0.717, 1.165) is 6.42 Å². The fraction of sp³-hybridized carbons (Fsp3) is 0.533. The molecule has 0 aliphatic heterocycles. The zero-order valence-corrected chi connectivity index (χ0v) is 14.4. The van der Waals surface area contributed by atoms with Gasteiger partial charge in [-0.2, -0.15) is 0 Å². The smallest absolute Gasteiger partial charge is 0.211 e. The third-order valence-corrected chi connectivity index (χ3v) is 4.60. The van der Waals surface area contributed by atoms with Gasteiger partial charge < -0.3 is 10.6 Å². The highest BCUT2D eigenvalue weighted by atomic mass is 32.2. The molecule has 0 spiro atoms. The van der Waals surface area contributed by atoms with E-state index in [9.17, 15) is 8.42 Å². The fourth-order valence-corrected chi connectivity index (χ4v) is 2.95. The third kappa shape index (κ3) is 6.91. The van der Waals surface area contributed by atoms with Crippen LogP contribution in [0.1, 0.15) is 18.9 Å². The van der Waals surface area contributed by atoms with Crippen LogP contribution in [-0.4, -0.2) is 51.6 Å². The van der Waals surface area contributed by atoms with E-state index in [1.165, 1.54) is 16.1 Å². The van der Waals surface area contributed by atoms with Crippen LogP contribution in [0.15, 0.2) is 35.3 Å².